The van der Waals surface area contributed by atoms with Gasteiger partial charge in [-0.05, 0) is 103 Å². The molecular weight excluding hydrogens is 813 g/mol. The fourth-order valence-electron chi connectivity index (χ4n) is 7.46. The summed E-state index contributed by atoms with van der Waals surface area (Å²) in [6, 6.07) is 5.21. The van der Waals surface area contributed by atoms with Gasteiger partial charge in [-0.1, -0.05) is 12.2 Å². The van der Waals surface area contributed by atoms with Crippen molar-refractivity contribution in [2.75, 3.05) is 32.1 Å². The van der Waals surface area contributed by atoms with Crippen LogP contribution in [-0.4, -0.2) is 114 Å². The summed E-state index contributed by atoms with van der Waals surface area (Å²) in [5.41, 5.74) is -1.23. The zero-order chi connectivity index (χ0) is 43.0. The van der Waals surface area contributed by atoms with E-state index in [1.54, 1.807) is 33.9 Å². The Bertz CT molecular complexity index is 2270. The van der Waals surface area contributed by atoms with Gasteiger partial charge in [-0.3, -0.25) is 19.1 Å². The molecule has 2 saturated carbocycles. The summed E-state index contributed by atoms with van der Waals surface area (Å²) in [7, 11) is -2.35. The van der Waals surface area contributed by atoms with Gasteiger partial charge in [0.15, 0.2) is 5.13 Å². The van der Waals surface area contributed by atoms with E-state index >= 15 is 0 Å². The van der Waals surface area contributed by atoms with Crippen LogP contribution in [0.2, 0.25) is 0 Å². The second-order valence-electron chi connectivity index (χ2n) is 17.1. The number of amides is 4. The maximum atomic E-state index is 14.7. The van der Waals surface area contributed by atoms with E-state index in [1.807, 2.05) is 49.6 Å². The number of aromatic nitrogens is 2. The number of sulfonamides is 1. The first-order valence-electron chi connectivity index (χ1n) is 20.4. The Labute approximate surface area is 353 Å². The molecule has 1 saturated heterocycles. The molecule has 1 unspecified atom stereocenters. The lowest BCUT2D eigenvalue weighted by molar-refractivity contribution is -0.141. The monoisotopic (exact) mass is 866 g/mol. The van der Waals surface area contributed by atoms with Crippen molar-refractivity contribution in [2.45, 2.75) is 114 Å². The zero-order valence-corrected chi connectivity index (χ0v) is 36.3. The maximum absolute atomic E-state index is 14.7. The van der Waals surface area contributed by atoms with E-state index < -0.39 is 74.3 Å². The summed E-state index contributed by atoms with van der Waals surface area (Å²) in [6.07, 6.45) is 4.53. The van der Waals surface area contributed by atoms with E-state index in [9.17, 15) is 27.6 Å². The summed E-state index contributed by atoms with van der Waals surface area (Å²) < 4.78 is 45.8. The second kappa shape index (κ2) is 17.2. The lowest BCUT2D eigenvalue weighted by Gasteiger charge is -2.30. The number of fused-ring (bicyclic) bond motifs is 3. The van der Waals surface area contributed by atoms with Crippen molar-refractivity contribution in [2.24, 2.45) is 5.92 Å². The first-order valence-corrected chi connectivity index (χ1v) is 22.8. The topological polar surface area (TPSA) is 219 Å². The van der Waals surface area contributed by atoms with E-state index in [-0.39, 0.29) is 37.9 Å². The molecule has 4 aliphatic rings. The molecule has 1 aromatic carbocycles. The Balaban J connectivity index is 1.23. The number of hydrogen-bond donors (Lipinski definition) is 5. The Kier molecular flexibility index (Phi) is 12.3. The van der Waals surface area contributed by atoms with Crippen molar-refractivity contribution in [3.05, 3.63) is 41.8 Å². The third-order valence-corrected chi connectivity index (χ3v) is 13.3. The smallest absolute Gasteiger partial charge is 0.408 e. The van der Waals surface area contributed by atoms with Crippen molar-refractivity contribution in [1.29, 1.82) is 0 Å². The van der Waals surface area contributed by atoms with Crippen molar-refractivity contribution in [1.82, 2.24) is 35.5 Å². The lowest BCUT2D eigenvalue weighted by Crippen LogP contribution is -2.59. The van der Waals surface area contributed by atoms with Crippen molar-refractivity contribution in [3.63, 3.8) is 0 Å². The molecule has 2 aliphatic heterocycles. The molecule has 3 aromatic rings. The fraction of sp³-hybridized carbons (Fsp3) is 0.561. The molecule has 60 heavy (non-hydrogen) atoms. The van der Waals surface area contributed by atoms with Crippen LogP contribution < -0.4 is 35.5 Å². The van der Waals surface area contributed by atoms with E-state index in [4.69, 9.17) is 24.2 Å². The van der Waals surface area contributed by atoms with Crippen LogP contribution in [-0.2, 0) is 29.1 Å². The highest BCUT2D eigenvalue weighted by molar-refractivity contribution is 7.91. The molecule has 2 aromatic heterocycles. The molecule has 19 heteroatoms. The Morgan fingerprint density at radius 2 is 1.88 bits per heavy atom. The van der Waals surface area contributed by atoms with E-state index in [0.29, 0.717) is 54.8 Å². The quantitative estimate of drug-likeness (QED) is 0.183. The summed E-state index contributed by atoms with van der Waals surface area (Å²) >= 11 is 1.45. The second-order valence-corrected chi connectivity index (χ2v) is 20.0. The molecule has 5 N–H and O–H groups in total. The summed E-state index contributed by atoms with van der Waals surface area (Å²) in [4.78, 5) is 67.1. The van der Waals surface area contributed by atoms with Gasteiger partial charge in [0.05, 0.1) is 24.6 Å². The highest BCUT2D eigenvalue weighted by atomic mass is 32.2. The van der Waals surface area contributed by atoms with E-state index in [1.165, 1.54) is 16.2 Å². The first kappa shape index (κ1) is 43.1. The van der Waals surface area contributed by atoms with Gasteiger partial charge in [-0.15, -0.1) is 11.3 Å². The number of benzene rings is 1. The summed E-state index contributed by atoms with van der Waals surface area (Å²) in [6.45, 7) is 9.65. The first-order chi connectivity index (χ1) is 28.4. The minimum atomic E-state index is -3.92. The van der Waals surface area contributed by atoms with E-state index in [2.05, 4.69) is 26.0 Å². The van der Waals surface area contributed by atoms with Crippen LogP contribution >= 0.6 is 11.3 Å². The molecule has 324 valence electrons. The number of allylic oxidation sites excluding steroid dienone is 1. The minimum Gasteiger partial charge on any atom is -0.497 e. The van der Waals surface area contributed by atoms with Crippen LogP contribution in [0.25, 0.3) is 22.2 Å². The average Bonchev–Trinajstić information content (AvgIpc) is 4.06. The number of methoxy groups -OCH3 is 1. The van der Waals surface area contributed by atoms with Crippen molar-refractivity contribution in [3.8, 4) is 23.0 Å². The molecular formula is C41H54N8O9S2. The van der Waals surface area contributed by atoms with Gasteiger partial charge in [-0.25, -0.2) is 23.2 Å². The predicted octanol–water partition coefficient (Wildman–Crippen LogP) is 3.85. The van der Waals surface area contributed by atoms with E-state index in [0.717, 1.165) is 10.5 Å². The zero-order valence-electron chi connectivity index (χ0n) is 34.7. The largest absolute Gasteiger partial charge is 0.497 e. The third kappa shape index (κ3) is 9.95. The number of anilines is 1. The van der Waals surface area contributed by atoms with Gasteiger partial charge in [0.25, 0.3) is 5.91 Å². The number of carbonyl (C=O) groups is 4. The summed E-state index contributed by atoms with van der Waals surface area (Å²) in [5, 5.41) is 15.5. The molecule has 0 radical (unpaired) electrons. The number of nitrogens with one attached hydrogen (secondary N) is 5. The molecule has 7 rings (SSSR count). The Hall–Kier alpha value is -5.01. The van der Waals surface area contributed by atoms with Gasteiger partial charge in [0, 0.05) is 35.7 Å². The number of alkyl carbamates (subject to hydrolysis) is 1. The Morgan fingerprint density at radius 3 is 2.60 bits per heavy atom. The number of pyridine rings is 1. The molecule has 17 nitrogen and oxygen atoms in total. The van der Waals surface area contributed by atoms with Crippen LogP contribution in [0.4, 0.5) is 9.93 Å². The van der Waals surface area contributed by atoms with Crippen LogP contribution in [0.3, 0.4) is 0 Å². The Morgan fingerprint density at radius 1 is 1.10 bits per heavy atom. The highest BCUT2D eigenvalue weighted by Crippen LogP contribution is 2.46. The van der Waals surface area contributed by atoms with Gasteiger partial charge >= 0.3 is 6.09 Å². The highest BCUT2D eigenvalue weighted by Gasteiger charge is 2.62. The number of nitrogens with zero attached hydrogens (tertiary/aromatic N) is 3. The number of carbonyl (C=O) groups excluding carboxylic acids is 4. The number of rotatable bonds is 10. The van der Waals surface area contributed by atoms with Gasteiger partial charge in [0.2, 0.25) is 27.7 Å². The number of thiazole rings is 1. The van der Waals surface area contributed by atoms with Gasteiger partial charge in [-0.2, -0.15) is 0 Å². The van der Waals surface area contributed by atoms with Crippen LogP contribution in [0, 0.1) is 5.92 Å². The SMILES string of the molecule is COc1ccc2c(OC3C[C@H]4C(=O)N[C@]5(C(=O)NS(=O)(=O)C6CC6)C[C@H]5C=CCCCNC[C@H](NC(=O)OC(C)(C)C)C(=O)N4C3)nc(-c3csc(NC(C)C)n3)cc2c1. The molecule has 0 spiro atoms. The minimum absolute atomic E-state index is 0.00848. The average molecular weight is 867 g/mol. The molecule has 2 aliphatic carbocycles. The molecule has 3 fully saturated rings. The fourth-order valence-corrected chi connectivity index (χ4v) is 9.67. The molecule has 4 amide bonds. The molecule has 0 bridgehead atoms. The lowest BCUT2D eigenvalue weighted by atomic mass is 10.1. The van der Waals surface area contributed by atoms with Crippen molar-refractivity contribution < 1.29 is 41.8 Å². The van der Waals surface area contributed by atoms with Crippen LogP contribution in [0.1, 0.15) is 73.1 Å². The standard InChI is InChI=1S/C41H54N8O9S2/c1-23(2)43-38-45-32(22-59-38)30-17-24-16-26(56-6)11-14-29(24)35(44-30)57-27-18-33-34(50)47-41(37(52)48-60(54,55)28-12-13-28)19-25(41)10-8-7-9-15-42-20-31(36(51)49(33)21-27)46-39(53)58-40(3,4)5/h8,10-11,14,16-17,22-23,25,27-28,31,33,42H,7,9,12-13,15,18-21H2,1-6H3,(H,43,45)(H,46,53)(H,47,50)(H,48,52)/t25-,27?,31+,33+,41-/m1/s1. The van der Waals surface area contributed by atoms with Gasteiger partial charge in [0.1, 0.15) is 40.8 Å². The third-order valence-electron chi connectivity index (χ3n) is 10.7. The van der Waals surface area contributed by atoms with Crippen molar-refractivity contribution >= 4 is 61.1 Å². The molecule has 5 atom stereocenters. The predicted molar refractivity (Wildman–Crippen MR) is 226 cm³/mol. The van der Waals surface area contributed by atoms with Crippen LogP contribution in [0.15, 0.2) is 41.8 Å². The van der Waals surface area contributed by atoms with Gasteiger partial charge < -0.3 is 40.4 Å². The summed E-state index contributed by atoms with van der Waals surface area (Å²) in [5.74, 6) is -1.64. The number of ether oxygens (including phenoxy) is 3. The molecule has 4 heterocycles. The van der Waals surface area contributed by atoms with Crippen LogP contribution in [0.5, 0.6) is 11.6 Å². The normalized spacial score (nSPS) is 25.0. The number of hydrogen-bond acceptors (Lipinski definition) is 14. The maximum Gasteiger partial charge on any atom is 0.408 e.